The number of aryl methyl sites for hydroxylation is 1. The van der Waals surface area contributed by atoms with Gasteiger partial charge in [-0.3, -0.25) is 9.69 Å². The van der Waals surface area contributed by atoms with Gasteiger partial charge in [0, 0.05) is 39.8 Å². The quantitative estimate of drug-likeness (QED) is 0.719. The Kier molecular flexibility index (Phi) is 5.60. The van der Waals surface area contributed by atoms with Crippen LogP contribution in [-0.4, -0.2) is 65.6 Å². The number of carbonyl (C=O) groups is 1. The van der Waals surface area contributed by atoms with Crippen LogP contribution in [0, 0.1) is 12.3 Å². The van der Waals surface area contributed by atoms with E-state index < -0.39 is 0 Å². The van der Waals surface area contributed by atoms with Gasteiger partial charge in [0.05, 0.1) is 22.4 Å². The number of para-hydroxylation sites is 2. The van der Waals surface area contributed by atoms with E-state index in [1.807, 2.05) is 36.1 Å². The number of nitrogens with zero attached hydrogens (tertiary/aromatic N) is 4. The van der Waals surface area contributed by atoms with E-state index in [1.165, 1.54) is 0 Å². The number of likely N-dealkylation sites (tertiary alicyclic amines) is 2. The maximum absolute atomic E-state index is 12.4. The smallest absolute Gasteiger partial charge is 0.223 e. The van der Waals surface area contributed by atoms with Crippen molar-refractivity contribution in [2.75, 3.05) is 39.9 Å². The summed E-state index contributed by atoms with van der Waals surface area (Å²) in [5.74, 6) is 0.320. The Labute approximate surface area is 166 Å². The zero-order valence-electron chi connectivity index (χ0n) is 17.0. The first-order valence-corrected chi connectivity index (χ1v) is 10.3. The summed E-state index contributed by atoms with van der Waals surface area (Å²) < 4.78 is 5.13. The van der Waals surface area contributed by atoms with Crippen molar-refractivity contribution in [3.63, 3.8) is 0 Å². The normalized spacial score (nSPS) is 19.8. The van der Waals surface area contributed by atoms with Crippen LogP contribution in [0.1, 0.15) is 37.1 Å². The van der Waals surface area contributed by atoms with Crippen molar-refractivity contribution in [1.29, 1.82) is 0 Å². The van der Waals surface area contributed by atoms with Gasteiger partial charge < -0.3 is 9.64 Å². The summed E-state index contributed by atoms with van der Waals surface area (Å²) in [4.78, 5) is 26.5. The maximum Gasteiger partial charge on any atom is 0.223 e. The Morgan fingerprint density at radius 1 is 1.14 bits per heavy atom. The number of carbonyl (C=O) groups excluding carboxylic acids is 1. The van der Waals surface area contributed by atoms with Crippen LogP contribution in [-0.2, 0) is 16.1 Å². The fourth-order valence-corrected chi connectivity index (χ4v) is 4.59. The largest absolute Gasteiger partial charge is 0.385 e. The van der Waals surface area contributed by atoms with Gasteiger partial charge in [0.25, 0.3) is 0 Å². The maximum atomic E-state index is 12.4. The zero-order valence-corrected chi connectivity index (χ0v) is 17.0. The van der Waals surface area contributed by atoms with Crippen LogP contribution in [0.5, 0.6) is 0 Å². The Balaban J connectivity index is 1.36. The molecule has 2 aliphatic heterocycles. The second-order valence-corrected chi connectivity index (χ2v) is 8.36. The number of aromatic nitrogens is 2. The number of amides is 1. The highest BCUT2D eigenvalue weighted by atomic mass is 16.5. The van der Waals surface area contributed by atoms with E-state index in [4.69, 9.17) is 14.7 Å². The molecule has 4 rings (SSSR count). The molecule has 0 bridgehead atoms. The Morgan fingerprint density at radius 2 is 1.86 bits per heavy atom. The minimum atomic E-state index is 0.171. The first-order valence-electron chi connectivity index (χ1n) is 10.3. The van der Waals surface area contributed by atoms with Crippen LogP contribution in [0.2, 0.25) is 0 Å². The standard InChI is InChI=1S/C22H30N4O2/c1-17-20(24-19-7-4-3-6-18(19)23-17)15-25-11-8-22(9-12-25)14-21(27)26(16-22)10-5-13-28-2/h3-4,6-7H,5,8-16H2,1-2H3. The summed E-state index contributed by atoms with van der Waals surface area (Å²) in [6.45, 7) is 7.39. The number of fused-ring (bicyclic) bond motifs is 1. The summed E-state index contributed by atoms with van der Waals surface area (Å²) in [5.41, 5.74) is 4.17. The number of hydrogen-bond acceptors (Lipinski definition) is 5. The molecule has 2 aliphatic rings. The van der Waals surface area contributed by atoms with Gasteiger partial charge in [0.15, 0.2) is 0 Å². The second-order valence-electron chi connectivity index (χ2n) is 8.36. The number of benzene rings is 1. The molecule has 6 nitrogen and oxygen atoms in total. The number of piperidine rings is 1. The summed E-state index contributed by atoms with van der Waals surface area (Å²) in [6.07, 6.45) is 3.80. The van der Waals surface area contributed by atoms with Crippen molar-refractivity contribution in [1.82, 2.24) is 19.8 Å². The van der Waals surface area contributed by atoms with Crippen molar-refractivity contribution >= 4 is 16.9 Å². The molecule has 1 spiro atoms. The van der Waals surface area contributed by atoms with E-state index in [1.54, 1.807) is 7.11 Å². The predicted octanol–water partition coefficient (Wildman–Crippen LogP) is 2.79. The number of hydrogen-bond donors (Lipinski definition) is 0. The Hall–Kier alpha value is -2.05. The molecule has 3 heterocycles. The molecule has 0 saturated carbocycles. The lowest BCUT2D eigenvalue weighted by Crippen LogP contribution is -2.41. The second kappa shape index (κ2) is 8.13. The van der Waals surface area contributed by atoms with Crippen LogP contribution in [0.15, 0.2) is 24.3 Å². The average molecular weight is 383 g/mol. The molecule has 0 aliphatic carbocycles. The molecule has 150 valence electrons. The molecule has 0 N–H and O–H groups in total. The molecule has 6 heteroatoms. The van der Waals surface area contributed by atoms with Gasteiger partial charge >= 0.3 is 0 Å². The zero-order chi connectivity index (χ0) is 19.6. The monoisotopic (exact) mass is 382 g/mol. The SMILES string of the molecule is COCCCN1CC2(CCN(Cc3nc4ccccc4nc3C)CC2)CC1=O. The van der Waals surface area contributed by atoms with Gasteiger partial charge in [0.2, 0.25) is 5.91 Å². The van der Waals surface area contributed by atoms with Gasteiger partial charge in [-0.25, -0.2) is 9.97 Å². The highest BCUT2D eigenvalue weighted by Crippen LogP contribution is 2.41. The lowest BCUT2D eigenvalue weighted by atomic mass is 9.77. The first kappa shape index (κ1) is 19.3. The molecule has 1 amide bonds. The molecule has 1 aromatic heterocycles. The highest BCUT2D eigenvalue weighted by Gasteiger charge is 2.44. The summed E-state index contributed by atoms with van der Waals surface area (Å²) in [7, 11) is 1.71. The van der Waals surface area contributed by atoms with Crippen LogP contribution in [0.3, 0.4) is 0 Å². The number of methoxy groups -OCH3 is 1. The van der Waals surface area contributed by atoms with Crippen LogP contribution >= 0.6 is 0 Å². The molecule has 2 saturated heterocycles. The fraction of sp³-hybridized carbons (Fsp3) is 0.591. The third-order valence-corrected chi connectivity index (χ3v) is 6.31. The average Bonchev–Trinajstić information content (AvgIpc) is 3.00. The van der Waals surface area contributed by atoms with Gasteiger partial charge in [-0.15, -0.1) is 0 Å². The number of ether oxygens (including phenoxy) is 1. The van der Waals surface area contributed by atoms with Gasteiger partial charge in [-0.05, 0) is 56.8 Å². The van der Waals surface area contributed by atoms with Crippen molar-refractivity contribution in [2.24, 2.45) is 5.41 Å². The van der Waals surface area contributed by atoms with E-state index in [2.05, 4.69) is 4.90 Å². The van der Waals surface area contributed by atoms with Crippen LogP contribution in [0.25, 0.3) is 11.0 Å². The Bertz CT molecular complexity index is 846. The van der Waals surface area contributed by atoms with Gasteiger partial charge in [-0.1, -0.05) is 12.1 Å². The summed E-state index contributed by atoms with van der Waals surface area (Å²) >= 11 is 0. The third kappa shape index (κ3) is 4.03. The van der Waals surface area contributed by atoms with Gasteiger partial charge in [-0.2, -0.15) is 0 Å². The molecule has 1 aromatic carbocycles. The topological polar surface area (TPSA) is 58.6 Å². The highest BCUT2D eigenvalue weighted by molar-refractivity contribution is 5.79. The Morgan fingerprint density at radius 3 is 2.57 bits per heavy atom. The predicted molar refractivity (Wildman–Crippen MR) is 109 cm³/mol. The van der Waals surface area contributed by atoms with Crippen molar-refractivity contribution in [2.45, 2.75) is 39.2 Å². The lowest BCUT2D eigenvalue weighted by Gasteiger charge is -2.38. The minimum Gasteiger partial charge on any atom is -0.385 e. The molecular formula is C22H30N4O2. The van der Waals surface area contributed by atoms with E-state index in [0.29, 0.717) is 12.3 Å². The van der Waals surface area contributed by atoms with E-state index in [0.717, 1.165) is 81.0 Å². The van der Waals surface area contributed by atoms with Crippen molar-refractivity contribution in [3.8, 4) is 0 Å². The summed E-state index contributed by atoms with van der Waals surface area (Å²) in [6, 6.07) is 8.05. The van der Waals surface area contributed by atoms with E-state index >= 15 is 0 Å². The summed E-state index contributed by atoms with van der Waals surface area (Å²) in [5, 5.41) is 0. The molecule has 2 aromatic rings. The van der Waals surface area contributed by atoms with Crippen LogP contribution < -0.4 is 0 Å². The van der Waals surface area contributed by atoms with E-state index in [-0.39, 0.29) is 5.41 Å². The fourth-order valence-electron chi connectivity index (χ4n) is 4.59. The third-order valence-electron chi connectivity index (χ3n) is 6.31. The molecule has 28 heavy (non-hydrogen) atoms. The van der Waals surface area contributed by atoms with Gasteiger partial charge in [0.1, 0.15) is 0 Å². The molecule has 2 fully saturated rings. The minimum absolute atomic E-state index is 0.171. The number of rotatable bonds is 6. The van der Waals surface area contributed by atoms with Crippen molar-refractivity contribution < 1.29 is 9.53 Å². The molecule has 0 radical (unpaired) electrons. The van der Waals surface area contributed by atoms with Crippen LogP contribution in [0.4, 0.5) is 0 Å². The molecular weight excluding hydrogens is 352 g/mol. The lowest BCUT2D eigenvalue weighted by molar-refractivity contribution is -0.128. The first-order chi connectivity index (χ1) is 13.6. The molecule has 0 unspecified atom stereocenters. The van der Waals surface area contributed by atoms with Crippen molar-refractivity contribution in [3.05, 3.63) is 35.7 Å². The van der Waals surface area contributed by atoms with E-state index in [9.17, 15) is 4.79 Å². The molecule has 0 atom stereocenters.